The number of rotatable bonds is 20. The number of phosphoric ester groups is 1. The molecule has 0 aromatic heterocycles. The lowest BCUT2D eigenvalue weighted by Crippen LogP contribution is -2.37. The molecule has 0 radical (unpaired) electrons. The Labute approximate surface area is 244 Å². The number of aliphatic hydroxyl groups is 3. The molecular formula is C28H51NO11P+. The van der Waals surface area contributed by atoms with Gasteiger partial charge in [0.15, 0.2) is 6.10 Å². The van der Waals surface area contributed by atoms with Crippen LogP contribution in [0.1, 0.15) is 58.8 Å². The van der Waals surface area contributed by atoms with Crippen molar-refractivity contribution in [1.29, 1.82) is 0 Å². The number of unbranched alkanes of at least 4 members (excludes halogenated alkanes) is 2. The normalized spacial score (nSPS) is 24.4. The fraction of sp³-hybridized carbons (Fsp3) is 0.786. The second-order valence-corrected chi connectivity index (χ2v) is 13.0. The molecule has 0 spiro atoms. The topological polar surface area (TPSA) is 169 Å². The smallest absolute Gasteiger partial charge is 0.461 e. The zero-order valence-corrected chi connectivity index (χ0v) is 26.0. The van der Waals surface area contributed by atoms with Gasteiger partial charge < -0.3 is 34.2 Å². The van der Waals surface area contributed by atoms with Gasteiger partial charge in [0.25, 0.3) is 0 Å². The van der Waals surface area contributed by atoms with E-state index in [0.717, 1.165) is 26.2 Å². The van der Waals surface area contributed by atoms with Crippen LogP contribution in [0.25, 0.3) is 0 Å². The predicted octanol–water partition coefficient (Wildman–Crippen LogP) is 2.49. The van der Waals surface area contributed by atoms with Crippen molar-refractivity contribution in [3.05, 3.63) is 24.3 Å². The van der Waals surface area contributed by atoms with Crippen molar-refractivity contribution in [1.82, 2.24) is 0 Å². The van der Waals surface area contributed by atoms with Crippen molar-refractivity contribution >= 4 is 19.8 Å². The summed E-state index contributed by atoms with van der Waals surface area (Å²) in [5, 5.41) is 30.9. The lowest BCUT2D eigenvalue weighted by atomic mass is 9.89. The van der Waals surface area contributed by atoms with E-state index in [4.69, 9.17) is 18.5 Å². The summed E-state index contributed by atoms with van der Waals surface area (Å²) in [4.78, 5) is 33.5. The predicted molar refractivity (Wildman–Crippen MR) is 152 cm³/mol. The number of esters is 2. The lowest BCUT2D eigenvalue weighted by molar-refractivity contribution is -0.870. The Bertz CT molecular complexity index is 889. The maximum absolute atomic E-state index is 12.2. The number of hydrogen-bond acceptors (Lipinski definition) is 10. The van der Waals surface area contributed by atoms with E-state index < -0.39 is 50.8 Å². The maximum Gasteiger partial charge on any atom is 0.472 e. The maximum atomic E-state index is 12.2. The molecule has 238 valence electrons. The van der Waals surface area contributed by atoms with Gasteiger partial charge in [0.05, 0.1) is 52.5 Å². The first-order chi connectivity index (χ1) is 19.1. The molecule has 13 heteroatoms. The summed E-state index contributed by atoms with van der Waals surface area (Å²) in [6, 6.07) is 0. The summed E-state index contributed by atoms with van der Waals surface area (Å²) in [5.74, 6) is -1.88. The molecule has 0 aliphatic heterocycles. The van der Waals surface area contributed by atoms with Crippen molar-refractivity contribution in [2.24, 2.45) is 11.8 Å². The standard InChI is InChI=1S/C28H50NO11P/c1-6-7-8-11-22(31)14-15-25-24(26(32)18-27(25)33)12-9-10-13-28(34)37-19-23(40-21(2)30)20-39-41(35,36)38-17-16-29(3,4)5/h9-10,14-15,22-27,31-33H,6-8,11-13,16-20H2,1-5H3/p+1/b10-9-,15-14+/t22-,23-,24+,25-,26+,27-/m1/s1. The van der Waals surface area contributed by atoms with Crippen LogP contribution >= 0.6 is 7.82 Å². The van der Waals surface area contributed by atoms with Crippen molar-refractivity contribution in [2.45, 2.75) is 83.2 Å². The quantitative estimate of drug-likeness (QED) is 0.0527. The van der Waals surface area contributed by atoms with Crippen molar-refractivity contribution in [3.63, 3.8) is 0 Å². The minimum atomic E-state index is -4.40. The summed E-state index contributed by atoms with van der Waals surface area (Å²) in [7, 11) is 1.29. The zero-order chi connectivity index (χ0) is 31.1. The van der Waals surface area contributed by atoms with Gasteiger partial charge in [0.2, 0.25) is 0 Å². The van der Waals surface area contributed by atoms with Crippen LogP contribution < -0.4 is 0 Å². The molecular weight excluding hydrogens is 557 g/mol. The van der Waals surface area contributed by atoms with Crippen LogP contribution in [0.4, 0.5) is 0 Å². The third kappa shape index (κ3) is 17.2. The van der Waals surface area contributed by atoms with Crippen LogP contribution in [0, 0.1) is 11.8 Å². The van der Waals surface area contributed by atoms with Crippen molar-refractivity contribution < 1.29 is 57.4 Å². The fourth-order valence-corrected chi connectivity index (χ4v) is 5.08. The Morgan fingerprint density at radius 1 is 1.07 bits per heavy atom. The first-order valence-corrected chi connectivity index (χ1v) is 15.8. The summed E-state index contributed by atoms with van der Waals surface area (Å²) in [6.45, 7) is 2.79. The first-order valence-electron chi connectivity index (χ1n) is 14.3. The van der Waals surface area contributed by atoms with E-state index in [0.29, 0.717) is 23.9 Å². The number of phosphoric acid groups is 1. The van der Waals surface area contributed by atoms with Gasteiger partial charge in [-0.2, -0.15) is 0 Å². The van der Waals surface area contributed by atoms with Gasteiger partial charge in [-0.25, -0.2) is 4.57 Å². The molecule has 1 rings (SSSR count). The molecule has 0 bridgehead atoms. The highest BCUT2D eigenvalue weighted by Gasteiger charge is 2.39. The van der Waals surface area contributed by atoms with Crippen LogP contribution in [-0.2, 0) is 32.7 Å². The van der Waals surface area contributed by atoms with E-state index in [1.807, 2.05) is 21.1 Å². The van der Waals surface area contributed by atoms with Gasteiger partial charge in [0.1, 0.15) is 19.8 Å². The molecule has 1 unspecified atom stereocenters. The molecule has 1 aliphatic rings. The number of carbonyl (C=O) groups is 2. The van der Waals surface area contributed by atoms with E-state index in [1.165, 1.54) is 0 Å². The summed E-state index contributed by atoms with van der Waals surface area (Å²) >= 11 is 0. The molecule has 7 atom stereocenters. The number of carbonyl (C=O) groups excluding carboxylic acids is 2. The third-order valence-corrected chi connectivity index (χ3v) is 7.62. The number of likely N-dealkylation sites (N-methyl/N-ethyl adjacent to an activating group) is 1. The first kappa shape index (κ1) is 37.4. The fourth-order valence-electron chi connectivity index (χ4n) is 4.34. The van der Waals surface area contributed by atoms with E-state index in [2.05, 4.69) is 6.92 Å². The number of aliphatic hydroxyl groups excluding tert-OH is 3. The Balaban J connectivity index is 2.53. The average molecular weight is 609 g/mol. The van der Waals surface area contributed by atoms with Crippen LogP contribution in [0.2, 0.25) is 0 Å². The molecule has 0 saturated heterocycles. The molecule has 41 heavy (non-hydrogen) atoms. The number of allylic oxidation sites excluding steroid dienone is 1. The van der Waals surface area contributed by atoms with Crippen LogP contribution in [-0.4, -0.2) is 109 Å². The average Bonchev–Trinajstić information content (AvgIpc) is 3.12. The highest BCUT2D eigenvalue weighted by molar-refractivity contribution is 7.47. The minimum Gasteiger partial charge on any atom is -0.461 e. The molecule has 1 aliphatic carbocycles. The van der Waals surface area contributed by atoms with Gasteiger partial charge in [-0.05, 0) is 18.8 Å². The van der Waals surface area contributed by atoms with Gasteiger partial charge in [-0.1, -0.05) is 50.5 Å². The van der Waals surface area contributed by atoms with Crippen LogP contribution in [0.15, 0.2) is 24.3 Å². The molecule has 1 fully saturated rings. The number of hydrogen-bond donors (Lipinski definition) is 4. The summed E-state index contributed by atoms with van der Waals surface area (Å²) < 4.78 is 32.6. The SMILES string of the molecule is CCCCC[C@@H](O)/C=C/[C@@H]1[C@H](C/C=C\CC(=O)OC[C@H](COP(=O)(O)OCC[N+](C)(C)C)OC(C)=O)[C@@H](O)C[C@H]1O. The number of ether oxygens (including phenoxy) is 2. The highest BCUT2D eigenvalue weighted by atomic mass is 31.2. The van der Waals surface area contributed by atoms with Gasteiger partial charge in [-0.3, -0.25) is 18.6 Å². The van der Waals surface area contributed by atoms with Crippen LogP contribution in [0.3, 0.4) is 0 Å². The second-order valence-electron chi connectivity index (χ2n) is 11.5. The van der Waals surface area contributed by atoms with E-state index in [1.54, 1.807) is 24.3 Å². The summed E-state index contributed by atoms with van der Waals surface area (Å²) in [5.41, 5.74) is 0. The van der Waals surface area contributed by atoms with Gasteiger partial charge in [0, 0.05) is 19.3 Å². The number of quaternary nitrogens is 1. The Morgan fingerprint density at radius 2 is 1.78 bits per heavy atom. The monoisotopic (exact) mass is 608 g/mol. The zero-order valence-electron chi connectivity index (χ0n) is 25.1. The van der Waals surface area contributed by atoms with Crippen LogP contribution in [0.5, 0.6) is 0 Å². The van der Waals surface area contributed by atoms with Gasteiger partial charge >= 0.3 is 19.8 Å². The van der Waals surface area contributed by atoms with Gasteiger partial charge in [-0.15, -0.1) is 0 Å². The largest absolute Gasteiger partial charge is 0.472 e. The molecule has 0 aromatic carbocycles. The van der Waals surface area contributed by atoms with E-state index in [-0.39, 0.29) is 37.9 Å². The minimum absolute atomic E-state index is 0.0221. The highest BCUT2D eigenvalue weighted by Crippen LogP contribution is 2.43. The Hall–Kier alpha value is -1.63. The lowest BCUT2D eigenvalue weighted by Gasteiger charge is -2.24. The van der Waals surface area contributed by atoms with Crippen molar-refractivity contribution in [2.75, 3.05) is 47.5 Å². The second kappa shape index (κ2) is 18.8. The Morgan fingerprint density at radius 3 is 2.41 bits per heavy atom. The van der Waals surface area contributed by atoms with Crippen molar-refractivity contribution in [3.8, 4) is 0 Å². The summed E-state index contributed by atoms with van der Waals surface area (Å²) in [6.07, 6.45) is 7.88. The molecule has 1 saturated carbocycles. The Kier molecular flexibility index (Phi) is 17.2. The number of nitrogens with zero attached hydrogens (tertiary/aromatic N) is 1. The van der Waals surface area contributed by atoms with E-state index in [9.17, 15) is 34.4 Å². The molecule has 0 heterocycles. The van der Waals surface area contributed by atoms with E-state index >= 15 is 0 Å². The molecule has 12 nitrogen and oxygen atoms in total. The third-order valence-electron chi connectivity index (χ3n) is 6.64. The molecule has 0 aromatic rings. The molecule has 0 amide bonds. The molecule has 4 N–H and O–H groups in total.